The second kappa shape index (κ2) is 8.89. The first-order valence-corrected chi connectivity index (χ1v) is 7.65. The summed E-state index contributed by atoms with van der Waals surface area (Å²) < 4.78 is 32.1. The zero-order chi connectivity index (χ0) is 18.2. The summed E-state index contributed by atoms with van der Waals surface area (Å²) in [7, 11) is 1.57. The average molecular weight is 348 g/mol. The number of carbonyl (C=O) groups excluding carboxylic acids is 2. The van der Waals surface area contributed by atoms with Crippen LogP contribution in [0.3, 0.4) is 0 Å². The Bertz CT molecular complexity index is 745. The van der Waals surface area contributed by atoms with Crippen LogP contribution in [0, 0.1) is 11.6 Å². The van der Waals surface area contributed by atoms with Crippen molar-refractivity contribution in [1.82, 2.24) is 5.32 Å². The van der Waals surface area contributed by atoms with Gasteiger partial charge in [0.25, 0.3) is 11.8 Å². The molecule has 0 aliphatic rings. The van der Waals surface area contributed by atoms with E-state index in [9.17, 15) is 18.4 Å². The Morgan fingerprint density at radius 1 is 1.00 bits per heavy atom. The number of hydrogen-bond donors (Lipinski definition) is 2. The van der Waals surface area contributed by atoms with Crippen molar-refractivity contribution in [1.29, 1.82) is 0 Å². The molecule has 25 heavy (non-hydrogen) atoms. The number of benzene rings is 2. The fraction of sp³-hybridized carbons (Fsp3) is 0.222. The van der Waals surface area contributed by atoms with Crippen molar-refractivity contribution in [2.24, 2.45) is 0 Å². The number of para-hydroxylation sites is 1. The van der Waals surface area contributed by atoms with E-state index in [1.165, 1.54) is 24.3 Å². The predicted molar refractivity (Wildman–Crippen MR) is 89.6 cm³/mol. The Balaban J connectivity index is 2.07. The smallest absolute Gasteiger partial charge is 0.255 e. The van der Waals surface area contributed by atoms with E-state index in [1.807, 2.05) is 0 Å². The van der Waals surface area contributed by atoms with E-state index in [1.54, 1.807) is 13.2 Å². The predicted octanol–water partition coefficient (Wildman–Crippen LogP) is 2.98. The second-order valence-electron chi connectivity index (χ2n) is 5.23. The molecular formula is C18H18F2N2O3. The van der Waals surface area contributed by atoms with E-state index in [4.69, 9.17) is 4.74 Å². The lowest BCUT2D eigenvalue weighted by molar-refractivity contribution is 0.0948. The van der Waals surface area contributed by atoms with Gasteiger partial charge in [-0.3, -0.25) is 9.59 Å². The molecule has 0 aromatic heterocycles. The van der Waals surface area contributed by atoms with E-state index < -0.39 is 23.2 Å². The van der Waals surface area contributed by atoms with E-state index in [2.05, 4.69) is 10.6 Å². The number of halogens is 2. The maximum Gasteiger partial charge on any atom is 0.255 e. The van der Waals surface area contributed by atoms with Crippen LogP contribution in [0.15, 0.2) is 42.5 Å². The molecule has 0 saturated heterocycles. The van der Waals surface area contributed by atoms with Crippen molar-refractivity contribution < 1.29 is 23.1 Å². The molecule has 2 rings (SSSR count). The van der Waals surface area contributed by atoms with E-state index in [0.717, 1.165) is 12.1 Å². The van der Waals surface area contributed by atoms with Crippen molar-refractivity contribution >= 4 is 17.5 Å². The lowest BCUT2D eigenvalue weighted by Crippen LogP contribution is -2.25. The standard InChI is InChI=1S/C18H18F2N2O3/c1-25-10-4-9-21-17(23)12-5-2-6-13(11-12)18(24)22-16-14(19)7-3-8-15(16)20/h2-3,5-8,11H,4,9-10H2,1H3,(H,21,23)(H,22,24). The lowest BCUT2D eigenvalue weighted by atomic mass is 10.1. The molecule has 2 N–H and O–H groups in total. The number of amides is 2. The first-order chi connectivity index (χ1) is 12.0. The highest BCUT2D eigenvalue weighted by Crippen LogP contribution is 2.19. The largest absolute Gasteiger partial charge is 0.385 e. The van der Waals surface area contributed by atoms with Crippen LogP contribution in [0.25, 0.3) is 0 Å². The molecule has 5 nitrogen and oxygen atoms in total. The monoisotopic (exact) mass is 348 g/mol. The van der Waals surface area contributed by atoms with Gasteiger partial charge in [-0.25, -0.2) is 8.78 Å². The van der Waals surface area contributed by atoms with E-state index in [-0.39, 0.29) is 17.0 Å². The summed E-state index contributed by atoms with van der Waals surface area (Å²) in [6, 6.07) is 9.18. The maximum absolute atomic E-state index is 13.6. The first-order valence-electron chi connectivity index (χ1n) is 7.65. The third kappa shape index (κ3) is 5.09. The van der Waals surface area contributed by atoms with Crippen molar-refractivity contribution in [3.05, 3.63) is 65.2 Å². The Morgan fingerprint density at radius 2 is 1.60 bits per heavy atom. The molecular weight excluding hydrogens is 330 g/mol. The second-order valence-corrected chi connectivity index (χ2v) is 5.23. The van der Waals surface area contributed by atoms with Gasteiger partial charge >= 0.3 is 0 Å². The molecule has 0 aliphatic heterocycles. The SMILES string of the molecule is COCCCNC(=O)c1cccc(C(=O)Nc2c(F)cccc2F)c1. The Hall–Kier alpha value is -2.80. The third-order valence-electron chi connectivity index (χ3n) is 3.40. The Morgan fingerprint density at radius 3 is 2.24 bits per heavy atom. The van der Waals surface area contributed by atoms with Crippen LogP contribution in [0.5, 0.6) is 0 Å². The van der Waals surface area contributed by atoms with Gasteiger partial charge in [-0.15, -0.1) is 0 Å². The van der Waals surface area contributed by atoms with Crippen LogP contribution in [-0.4, -0.2) is 32.1 Å². The number of anilines is 1. The fourth-order valence-corrected chi connectivity index (χ4v) is 2.13. The molecule has 0 saturated carbocycles. The van der Waals surface area contributed by atoms with Gasteiger partial charge in [-0.2, -0.15) is 0 Å². The molecule has 0 bridgehead atoms. The molecule has 2 aromatic rings. The normalized spacial score (nSPS) is 10.4. The molecule has 0 unspecified atom stereocenters. The van der Waals surface area contributed by atoms with Gasteiger partial charge in [0.2, 0.25) is 0 Å². The summed E-state index contributed by atoms with van der Waals surface area (Å²) >= 11 is 0. The minimum Gasteiger partial charge on any atom is -0.385 e. The number of nitrogens with one attached hydrogen (secondary N) is 2. The molecule has 132 valence electrons. The molecule has 7 heteroatoms. The van der Waals surface area contributed by atoms with E-state index in [0.29, 0.717) is 19.6 Å². The molecule has 0 radical (unpaired) electrons. The molecule has 2 amide bonds. The summed E-state index contributed by atoms with van der Waals surface area (Å²) in [5.74, 6) is -2.80. The molecule has 0 atom stereocenters. The van der Waals surface area contributed by atoms with Crippen LogP contribution < -0.4 is 10.6 Å². The van der Waals surface area contributed by atoms with Gasteiger partial charge in [-0.05, 0) is 36.8 Å². The minimum atomic E-state index is -0.875. The summed E-state index contributed by atoms with van der Waals surface area (Å²) in [4.78, 5) is 24.2. The maximum atomic E-state index is 13.6. The van der Waals surface area contributed by atoms with Crippen molar-refractivity contribution in [3.8, 4) is 0 Å². The topological polar surface area (TPSA) is 67.4 Å². The Labute approximate surface area is 144 Å². The van der Waals surface area contributed by atoms with Gasteiger partial charge in [-0.1, -0.05) is 12.1 Å². The Kier molecular flexibility index (Phi) is 6.59. The van der Waals surface area contributed by atoms with Gasteiger partial charge in [0.1, 0.15) is 17.3 Å². The molecule has 0 heterocycles. The number of hydrogen-bond acceptors (Lipinski definition) is 3. The van der Waals surface area contributed by atoms with Crippen LogP contribution in [0.1, 0.15) is 27.1 Å². The summed E-state index contributed by atoms with van der Waals surface area (Å²) in [6.45, 7) is 0.959. The summed E-state index contributed by atoms with van der Waals surface area (Å²) in [6.07, 6.45) is 0.662. The third-order valence-corrected chi connectivity index (χ3v) is 3.40. The van der Waals surface area contributed by atoms with Crippen LogP contribution in [0.2, 0.25) is 0 Å². The number of methoxy groups -OCH3 is 1. The quantitative estimate of drug-likeness (QED) is 0.756. The van der Waals surface area contributed by atoms with Gasteiger partial charge in [0, 0.05) is 31.4 Å². The summed E-state index contributed by atoms with van der Waals surface area (Å²) in [5.41, 5.74) is -0.131. The number of ether oxygens (including phenoxy) is 1. The van der Waals surface area contributed by atoms with Crippen LogP contribution in [-0.2, 0) is 4.74 Å². The van der Waals surface area contributed by atoms with Crippen molar-refractivity contribution in [2.45, 2.75) is 6.42 Å². The molecule has 0 aliphatic carbocycles. The number of carbonyl (C=O) groups is 2. The van der Waals surface area contributed by atoms with Gasteiger partial charge in [0.05, 0.1) is 0 Å². The lowest BCUT2D eigenvalue weighted by Gasteiger charge is -2.09. The summed E-state index contributed by atoms with van der Waals surface area (Å²) in [5, 5.41) is 4.88. The highest BCUT2D eigenvalue weighted by Gasteiger charge is 2.15. The van der Waals surface area contributed by atoms with Crippen molar-refractivity contribution in [2.75, 3.05) is 25.6 Å². The van der Waals surface area contributed by atoms with Gasteiger partial charge < -0.3 is 15.4 Å². The highest BCUT2D eigenvalue weighted by molar-refractivity contribution is 6.06. The fourth-order valence-electron chi connectivity index (χ4n) is 2.13. The van der Waals surface area contributed by atoms with Crippen molar-refractivity contribution in [3.63, 3.8) is 0 Å². The minimum absolute atomic E-state index is 0.118. The molecule has 0 spiro atoms. The number of rotatable bonds is 7. The molecule has 0 fully saturated rings. The molecule has 2 aromatic carbocycles. The zero-order valence-electron chi connectivity index (χ0n) is 13.6. The van der Waals surface area contributed by atoms with Crippen LogP contribution in [0.4, 0.5) is 14.5 Å². The average Bonchev–Trinajstić information content (AvgIpc) is 2.61. The van der Waals surface area contributed by atoms with Gasteiger partial charge in [0.15, 0.2) is 0 Å². The first kappa shape index (κ1) is 18.5. The zero-order valence-corrected chi connectivity index (χ0v) is 13.6. The van der Waals surface area contributed by atoms with E-state index >= 15 is 0 Å². The van der Waals surface area contributed by atoms with Crippen LogP contribution >= 0.6 is 0 Å². The highest BCUT2D eigenvalue weighted by atomic mass is 19.1.